The van der Waals surface area contributed by atoms with E-state index in [1.165, 1.54) is 0 Å². The molecule has 10 nitrogen and oxygen atoms in total. The van der Waals surface area contributed by atoms with Gasteiger partial charge in [-0.25, -0.2) is 12.7 Å². The summed E-state index contributed by atoms with van der Waals surface area (Å²) in [7, 11) is -5.69. The first-order chi connectivity index (χ1) is 23.8. The molecule has 13 heteroatoms. The standard InChI is InChI=1S/C37H51ClN4O6SSi/c1-7-9-16-33-39-37(19-12-13-20-37)36(43)41(33)24-28-17-18-30(29(23-28)25-46-8-2)31-14-10-11-15-32(31)49(44,45)42(26-47-21-22-50(4,5)6)35-34(38)27(3)48-40-35/h10-11,14-15,17-18,23H,7-9,12-13,16,19-22,24-26H2,1-6H3. The number of amides is 1. The lowest BCUT2D eigenvalue weighted by Gasteiger charge is -2.25. The van der Waals surface area contributed by atoms with Gasteiger partial charge in [-0.3, -0.25) is 14.7 Å². The second-order valence-corrected chi connectivity index (χ2v) is 22.3. The average Bonchev–Trinajstić information content (AvgIpc) is 3.76. The van der Waals surface area contributed by atoms with Gasteiger partial charge < -0.3 is 14.0 Å². The number of aromatic nitrogens is 1. The molecule has 50 heavy (non-hydrogen) atoms. The molecule has 3 aromatic rings. The van der Waals surface area contributed by atoms with Crippen LogP contribution in [0, 0.1) is 6.92 Å². The highest BCUT2D eigenvalue weighted by molar-refractivity contribution is 7.93. The van der Waals surface area contributed by atoms with Crippen LogP contribution in [0.3, 0.4) is 0 Å². The van der Waals surface area contributed by atoms with Gasteiger partial charge in [-0.15, -0.1) is 0 Å². The Hall–Kier alpha value is -3.03. The van der Waals surface area contributed by atoms with Gasteiger partial charge in [0.15, 0.2) is 5.76 Å². The van der Waals surface area contributed by atoms with Crippen molar-refractivity contribution in [1.29, 1.82) is 0 Å². The minimum atomic E-state index is -4.26. The van der Waals surface area contributed by atoms with Crippen LogP contribution in [0.2, 0.25) is 30.7 Å². The van der Waals surface area contributed by atoms with Crippen LogP contribution in [0.4, 0.5) is 5.82 Å². The number of aliphatic imine (C=N–C) groups is 1. The van der Waals surface area contributed by atoms with E-state index in [-0.39, 0.29) is 35.0 Å². The fourth-order valence-corrected chi connectivity index (χ4v) is 9.01. The first-order valence-electron chi connectivity index (χ1n) is 17.7. The van der Waals surface area contributed by atoms with E-state index < -0.39 is 23.6 Å². The zero-order valence-corrected chi connectivity index (χ0v) is 32.8. The first kappa shape index (κ1) is 38.2. The van der Waals surface area contributed by atoms with Crippen molar-refractivity contribution in [2.45, 2.75) is 115 Å². The van der Waals surface area contributed by atoms with Gasteiger partial charge in [0.25, 0.3) is 15.9 Å². The van der Waals surface area contributed by atoms with Gasteiger partial charge in [0.05, 0.1) is 18.0 Å². The number of nitrogens with zero attached hydrogens (tertiary/aromatic N) is 4. The molecule has 0 saturated heterocycles. The van der Waals surface area contributed by atoms with Gasteiger partial charge in [0, 0.05) is 33.3 Å². The Kier molecular flexibility index (Phi) is 12.3. The molecular formula is C37H51ClN4O6SSi. The molecule has 1 saturated carbocycles. The molecule has 1 aliphatic heterocycles. The van der Waals surface area contributed by atoms with E-state index >= 15 is 0 Å². The predicted octanol–water partition coefficient (Wildman–Crippen LogP) is 8.59. The van der Waals surface area contributed by atoms with Gasteiger partial charge in [-0.05, 0) is 61.9 Å². The number of halogens is 1. The highest BCUT2D eigenvalue weighted by atomic mass is 35.5. The van der Waals surface area contributed by atoms with Gasteiger partial charge in [-0.1, -0.05) is 99.0 Å². The van der Waals surface area contributed by atoms with Gasteiger partial charge in [0.2, 0.25) is 5.82 Å². The normalized spacial score (nSPS) is 16.1. The van der Waals surface area contributed by atoms with Crippen LogP contribution in [-0.2, 0) is 37.4 Å². The monoisotopic (exact) mass is 742 g/mol. The summed E-state index contributed by atoms with van der Waals surface area (Å²) in [6, 6.07) is 13.7. The number of carbonyl (C=O) groups is 1. The van der Waals surface area contributed by atoms with Crippen LogP contribution in [-0.4, -0.2) is 63.8 Å². The number of hydrogen-bond donors (Lipinski definition) is 0. The second kappa shape index (κ2) is 16.1. The lowest BCUT2D eigenvalue weighted by molar-refractivity contribution is -0.131. The molecule has 1 fully saturated rings. The number of rotatable bonds is 17. The van der Waals surface area contributed by atoms with Crippen LogP contribution in [0.25, 0.3) is 11.1 Å². The summed E-state index contributed by atoms with van der Waals surface area (Å²) in [6.45, 7) is 13.7. The SMILES string of the molecule is CCCCC1=NC2(CCCC2)C(=O)N1Cc1ccc(-c2ccccc2S(=O)(=O)N(COCC[Si](C)(C)C)c2noc(C)c2Cl)c(COCC)c1. The number of aryl methyl sites for hydroxylation is 1. The molecule has 0 N–H and O–H groups in total. The third kappa shape index (κ3) is 8.36. The predicted molar refractivity (Wildman–Crippen MR) is 201 cm³/mol. The minimum Gasteiger partial charge on any atom is -0.377 e. The second-order valence-electron chi connectivity index (χ2n) is 14.5. The van der Waals surface area contributed by atoms with E-state index in [0.717, 1.165) is 72.3 Å². The van der Waals surface area contributed by atoms with Crippen molar-refractivity contribution in [2.24, 2.45) is 4.99 Å². The number of anilines is 1. The summed E-state index contributed by atoms with van der Waals surface area (Å²) in [5, 5.41) is 4.13. The van der Waals surface area contributed by atoms with Crippen LogP contribution >= 0.6 is 11.6 Å². The van der Waals surface area contributed by atoms with Crippen molar-refractivity contribution in [3.05, 3.63) is 64.4 Å². The molecule has 1 aliphatic carbocycles. The van der Waals surface area contributed by atoms with Crippen molar-refractivity contribution in [3.63, 3.8) is 0 Å². The number of hydrogen-bond acceptors (Lipinski definition) is 8. The van der Waals surface area contributed by atoms with Gasteiger partial charge >= 0.3 is 0 Å². The van der Waals surface area contributed by atoms with Crippen molar-refractivity contribution in [3.8, 4) is 11.1 Å². The number of benzene rings is 2. The summed E-state index contributed by atoms with van der Waals surface area (Å²) >= 11 is 6.53. The van der Waals surface area contributed by atoms with Crippen molar-refractivity contribution < 1.29 is 27.2 Å². The number of unbranched alkanes of at least 4 members (excludes halogenated alkanes) is 1. The molecule has 5 rings (SSSR count). The fourth-order valence-electron chi connectivity index (χ4n) is 6.53. The van der Waals surface area contributed by atoms with Crippen molar-refractivity contribution >= 4 is 47.3 Å². The van der Waals surface area contributed by atoms with Gasteiger partial charge in [0.1, 0.15) is 23.1 Å². The molecular weight excluding hydrogens is 692 g/mol. The molecule has 0 atom stereocenters. The largest absolute Gasteiger partial charge is 0.377 e. The number of sulfonamides is 1. The molecule has 0 unspecified atom stereocenters. The van der Waals surface area contributed by atoms with E-state index in [2.05, 4.69) is 31.7 Å². The molecule has 2 heterocycles. The molecule has 1 amide bonds. The summed E-state index contributed by atoms with van der Waals surface area (Å²) in [6.07, 6.45) is 6.40. The quantitative estimate of drug-likeness (QED) is 0.0773. The van der Waals surface area contributed by atoms with E-state index in [1.54, 1.807) is 25.1 Å². The summed E-state index contributed by atoms with van der Waals surface area (Å²) in [5.74, 6) is 1.26. The number of ether oxygens (including phenoxy) is 2. The molecule has 2 aromatic carbocycles. The average molecular weight is 743 g/mol. The molecule has 2 aliphatic rings. The van der Waals surface area contributed by atoms with Crippen molar-refractivity contribution in [2.75, 3.05) is 24.2 Å². The fraction of sp³-hybridized carbons (Fsp3) is 0.541. The molecule has 1 aromatic heterocycles. The maximum Gasteiger partial charge on any atom is 0.268 e. The molecule has 1 spiro atoms. The Morgan fingerprint density at radius 3 is 2.46 bits per heavy atom. The van der Waals surface area contributed by atoms with Crippen LogP contribution < -0.4 is 4.31 Å². The summed E-state index contributed by atoms with van der Waals surface area (Å²) < 4.78 is 47.5. The third-order valence-corrected chi connectivity index (χ3v) is 13.3. The number of carbonyl (C=O) groups excluding carboxylic acids is 1. The highest BCUT2D eigenvalue weighted by Gasteiger charge is 2.49. The van der Waals surface area contributed by atoms with Crippen molar-refractivity contribution in [1.82, 2.24) is 10.1 Å². The van der Waals surface area contributed by atoms with E-state index in [9.17, 15) is 13.2 Å². The molecule has 272 valence electrons. The Balaban J connectivity index is 1.51. The Labute approximate surface area is 303 Å². The number of amidine groups is 1. The topological polar surface area (TPSA) is 115 Å². The Morgan fingerprint density at radius 1 is 1.06 bits per heavy atom. The zero-order chi connectivity index (χ0) is 36.1. The maximum absolute atomic E-state index is 14.6. The van der Waals surface area contributed by atoms with Gasteiger partial charge in [-0.2, -0.15) is 0 Å². The van der Waals surface area contributed by atoms with Crippen LogP contribution in [0.1, 0.15) is 75.7 Å². The lowest BCUT2D eigenvalue weighted by atomic mass is 9.96. The van der Waals surface area contributed by atoms with E-state index in [1.807, 2.05) is 36.1 Å². The third-order valence-electron chi connectivity index (χ3n) is 9.42. The summed E-state index contributed by atoms with van der Waals surface area (Å²) in [4.78, 5) is 20.8. The van der Waals surface area contributed by atoms with E-state index in [4.69, 9.17) is 30.6 Å². The Morgan fingerprint density at radius 2 is 1.80 bits per heavy atom. The Bertz CT molecular complexity index is 1800. The highest BCUT2D eigenvalue weighted by Crippen LogP contribution is 2.41. The van der Waals surface area contributed by atoms with E-state index in [0.29, 0.717) is 36.6 Å². The maximum atomic E-state index is 14.6. The van der Waals surface area contributed by atoms with Crippen LogP contribution in [0.15, 0.2) is 56.9 Å². The minimum absolute atomic E-state index is 0.0206. The molecule has 0 bridgehead atoms. The summed E-state index contributed by atoms with van der Waals surface area (Å²) in [5.41, 5.74) is 2.35. The smallest absolute Gasteiger partial charge is 0.268 e. The zero-order valence-electron chi connectivity index (χ0n) is 30.3. The lowest BCUT2D eigenvalue weighted by Crippen LogP contribution is -2.40. The van der Waals surface area contributed by atoms with Crippen LogP contribution in [0.5, 0.6) is 0 Å². The first-order valence-corrected chi connectivity index (χ1v) is 23.3. The molecule has 0 radical (unpaired) electrons.